The monoisotopic (exact) mass is 214 g/mol. The molecule has 0 aromatic rings. The zero-order valence-electron chi connectivity index (χ0n) is 9.03. The first kappa shape index (κ1) is 11.8. The Kier molecular flexibility index (Phi) is 4.39. The normalized spacial score (nSPS) is 17.5. The Bertz CT molecular complexity index is 235. The summed E-state index contributed by atoms with van der Waals surface area (Å²) >= 11 is 0. The van der Waals surface area contributed by atoms with E-state index in [2.05, 4.69) is 5.32 Å². The number of nitrogens with zero attached hydrogens (tertiary/aromatic N) is 1. The molecule has 0 saturated carbocycles. The van der Waals surface area contributed by atoms with Crippen molar-refractivity contribution in [2.45, 2.75) is 26.2 Å². The zero-order valence-corrected chi connectivity index (χ0v) is 9.03. The first-order valence-corrected chi connectivity index (χ1v) is 5.38. The minimum absolute atomic E-state index is 0.0359. The van der Waals surface area contributed by atoms with Crippen LogP contribution in [-0.4, -0.2) is 41.6 Å². The molecule has 0 aliphatic carbocycles. The van der Waals surface area contributed by atoms with Gasteiger partial charge in [-0.05, 0) is 25.7 Å². The van der Waals surface area contributed by atoms with E-state index in [1.54, 1.807) is 4.90 Å². The number of nitrogens with one attached hydrogen (secondary N) is 1. The molecule has 0 atom stereocenters. The van der Waals surface area contributed by atoms with Crippen molar-refractivity contribution in [1.82, 2.24) is 10.2 Å². The molecule has 5 heteroatoms. The molecule has 1 aliphatic rings. The van der Waals surface area contributed by atoms with Crippen molar-refractivity contribution in [2.75, 3.05) is 19.6 Å². The van der Waals surface area contributed by atoms with Crippen LogP contribution >= 0.6 is 0 Å². The van der Waals surface area contributed by atoms with E-state index in [1.165, 1.54) is 0 Å². The number of piperidine rings is 1. The lowest BCUT2D eigenvalue weighted by Crippen LogP contribution is -2.44. The highest BCUT2D eigenvalue weighted by molar-refractivity contribution is 5.74. The van der Waals surface area contributed by atoms with Gasteiger partial charge in [-0.3, -0.25) is 4.79 Å². The third-order valence-electron chi connectivity index (χ3n) is 2.69. The zero-order chi connectivity index (χ0) is 11.3. The third kappa shape index (κ3) is 3.77. The predicted molar refractivity (Wildman–Crippen MR) is 55.6 cm³/mol. The number of carboxylic acid groups (broad SMARTS) is 1. The third-order valence-corrected chi connectivity index (χ3v) is 2.69. The number of rotatable bonds is 3. The second kappa shape index (κ2) is 5.58. The van der Waals surface area contributed by atoms with Crippen LogP contribution in [0, 0.1) is 5.92 Å². The SMILES string of the molecule is CCNC(=O)N1CCC(CC(=O)O)CC1. The van der Waals surface area contributed by atoms with Crippen LogP contribution in [0.1, 0.15) is 26.2 Å². The molecular weight excluding hydrogens is 196 g/mol. The lowest BCUT2D eigenvalue weighted by Gasteiger charge is -2.31. The smallest absolute Gasteiger partial charge is 0.317 e. The van der Waals surface area contributed by atoms with E-state index in [-0.39, 0.29) is 18.4 Å². The van der Waals surface area contributed by atoms with Gasteiger partial charge in [0.1, 0.15) is 0 Å². The van der Waals surface area contributed by atoms with Crippen LogP contribution in [0.3, 0.4) is 0 Å². The maximum atomic E-state index is 11.4. The number of carboxylic acids is 1. The summed E-state index contributed by atoms with van der Waals surface area (Å²) in [5.41, 5.74) is 0. The van der Waals surface area contributed by atoms with Gasteiger partial charge in [0.25, 0.3) is 0 Å². The molecular formula is C10H18N2O3. The van der Waals surface area contributed by atoms with Crippen molar-refractivity contribution in [3.05, 3.63) is 0 Å². The molecule has 5 nitrogen and oxygen atoms in total. The van der Waals surface area contributed by atoms with Gasteiger partial charge in [0.05, 0.1) is 0 Å². The maximum absolute atomic E-state index is 11.4. The maximum Gasteiger partial charge on any atom is 0.317 e. The average Bonchev–Trinajstić information content (AvgIpc) is 2.18. The van der Waals surface area contributed by atoms with E-state index in [9.17, 15) is 9.59 Å². The van der Waals surface area contributed by atoms with E-state index < -0.39 is 5.97 Å². The van der Waals surface area contributed by atoms with Crippen molar-refractivity contribution >= 4 is 12.0 Å². The highest BCUT2D eigenvalue weighted by Gasteiger charge is 2.23. The molecule has 1 rings (SSSR count). The Balaban J connectivity index is 2.29. The molecule has 0 aromatic carbocycles. The molecule has 0 unspecified atom stereocenters. The molecule has 1 aliphatic heterocycles. The lowest BCUT2D eigenvalue weighted by molar-refractivity contribution is -0.138. The van der Waals surface area contributed by atoms with Gasteiger partial charge in [0, 0.05) is 26.1 Å². The molecule has 2 N–H and O–H groups in total. The van der Waals surface area contributed by atoms with Crippen molar-refractivity contribution < 1.29 is 14.7 Å². The number of carbonyl (C=O) groups is 2. The summed E-state index contributed by atoms with van der Waals surface area (Å²) in [5.74, 6) is -0.514. The van der Waals surface area contributed by atoms with Gasteiger partial charge in [-0.1, -0.05) is 0 Å². The highest BCUT2D eigenvalue weighted by atomic mass is 16.4. The summed E-state index contributed by atoms with van der Waals surface area (Å²) in [6, 6.07) is -0.0359. The standard InChI is InChI=1S/C10H18N2O3/c1-2-11-10(15)12-5-3-8(4-6-12)7-9(13)14/h8H,2-7H2,1H3,(H,11,15)(H,13,14). The summed E-state index contributed by atoms with van der Waals surface area (Å²) in [5, 5.41) is 11.4. The number of aliphatic carboxylic acids is 1. The number of likely N-dealkylation sites (tertiary alicyclic amines) is 1. The Hall–Kier alpha value is -1.26. The minimum atomic E-state index is -0.744. The Morgan fingerprint density at radius 3 is 2.47 bits per heavy atom. The largest absolute Gasteiger partial charge is 0.481 e. The molecule has 1 saturated heterocycles. The van der Waals surface area contributed by atoms with Crippen LogP contribution in [0.2, 0.25) is 0 Å². The fourth-order valence-electron chi connectivity index (χ4n) is 1.85. The van der Waals surface area contributed by atoms with Crippen LogP contribution < -0.4 is 5.32 Å². The fourth-order valence-corrected chi connectivity index (χ4v) is 1.85. The van der Waals surface area contributed by atoms with Crippen molar-refractivity contribution in [3.8, 4) is 0 Å². The number of amides is 2. The van der Waals surface area contributed by atoms with E-state index >= 15 is 0 Å². The van der Waals surface area contributed by atoms with E-state index in [0.717, 1.165) is 12.8 Å². The lowest BCUT2D eigenvalue weighted by atomic mass is 9.94. The highest BCUT2D eigenvalue weighted by Crippen LogP contribution is 2.20. The molecule has 0 spiro atoms. The van der Waals surface area contributed by atoms with Gasteiger partial charge < -0.3 is 15.3 Å². The fraction of sp³-hybridized carbons (Fsp3) is 0.800. The summed E-state index contributed by atoms with van der Waals surface area (Å²) in [6.45, 7) is 3.86. The van der Waals surface area contributed by atoms with Crippen LogP contribution in [0.4, 0.5) is 4.79 Å². The summed E-state index contributed by atoms with van der Waals surface area (Å²) < 4.78 is 0. The van der Waals surface area contributed by atoms with E-state index in [4.69, 9.17) is 5.11 Å². The molecule has 86 valence electrons. The first-order chi connectivity index (χ1) is 7.13. The van der Waals surface area contributed by atoms with Gasteiger partial charge in [-0.15, -0.1) is 0 Å². The molecule has 2 amide bonds. The second-order valence-corrected chi connectivity index (χ2v) is 3.86. The van der Waals surface area contributed by atoms with Crippen molar-refractivity contribution in [2.24, 2.45) is 5.92 Å². The van der Waals surface area contributed by atoms with E-state index in [1.807, 2.05) is 6.92 Å². The van der Waals surface area contributed by atoms with Gasteiger partial charge in [-0.2, -0.15) is 0 Å². The molecule has 0 aromatic heterocycles. The molecule has 0 radical (unpaired) electrons. The second-order valence-electron chi connectivity index (χ2n) is 3.86. The Morgan fingerprint density at radius 1 is 1.40 bits per heavy atom. The quantitative estimate of drug-likeness (QED) is 0.733. The van der Waals surface area contributed by atoms with Crippen molar-refractivity contribution in [1.29, 1.82) is 0 Å². The van der Waals surface area contributed by atoms with Crippen molar-refractivity contribution in [3.63, 3.8) is 0 Å². The van der Waals surface area contributed by atoms with E-state index in [0.29, 0.717) is 19.6 Å². The van der Waals surface area contributed by atoms with Gasteiger partial charge in [-0.25, -0.2) is 4.79 Å². The topological polar surface area (TPSA) is 69.6 Å². The Morgan fingerprint density at radius 2 is 2.00 bits per heavy atom. The first-order valence-electron chi connectivity index (χ1n) is 5.38. The number of carbonyl (C=O) groups excluding carboxylic acids is 1. The molecule has 1 heterocycles. The summed E-state index contributed by atoms with van der Waals surface area (Å²) in [6.07, 6.45) is 1.82. The number of urea groups is 1. The molecule has 15 heavy (non-hydrogen) atoms. The summed E-state index contributed by atoms with van der Waals surface area (Å²) in [4.78, 5) is 23.7. The Labute approximate surface area is 89.4 Å². The molecule has 0 bridgehead atoms. The van der Waals surface area contributed by atoms with Crippen LogP contribution in [0.15, 0.2) is 0 Å². The van der Waals surface area contributed by atoms with Crippen LogP contribution in [-0.2, 0) is 4.79 Å². The van der Waals surface area contributed by atoms with Gasteiger partial charge >= 0.3 is 12.0 Å². The number of hydrogen-bond acceptors (Lipinski definition) is 2. The average molecular weight is 214 g/mol. The predicted octanol–water partition coefficient (Wildman–Crippen LogP) is 0.903. The minimum Gasteiger partial charge on any atom is -0.481 e. The van der Waals surface area contributed by atoms with Gasteiger partial charge in [0.2, 0.25) is 0 Å². The van der Waals surface area contributed by atoms with Crippen LogP contribution in [0.25, 0.3) is 0 Å². The number of hydrogen-bond donors (Lipinski definition) is 2. The van der Waals surface area contributed by atoms with Crippen LogP contribution in [0.5, 0.6) is 0 Å². The molecule has 1 fully saturated rings. The summed E-state index contributed by atoms with van der Waals surface area (Å²) in [7, 11) is 0. The van der Waals surface area contributed by atoms with Gasteiger partial charge in [0.15, 0.2) is 0 Å².